The lowest BCUT2D eigenvalue weighted by atomic mass is 10.1. The molecule has 7 nitrogen and oxygen atoms in total. The van der Waals surface area contributed by atoms with Crippen molar-refractivity contribution in [3.8, 4) is 0 Å². The lowest BCUT2D eigenvalue weighted by Gasteiger charge is -2.13. The normalized spacial score (nSPS) is 11.8. The number of nitro groups is 1. The van der Waals surface area contributed by atoms with Gasteiger partial charge in [-0.1, -0.05) is 23.2 Å². The third kappa shape index (κ3) is 4.87. The molecule has 1 atom stereocenters. The van der Waals surface area contributed by atoms with E-state index in [9.17, 15) is 19.7 Å². The molecule has 1 aromatic carbocycles. The second-order valence-electron chi connectivity index (χ2n) is 4.35. The van der Waals surface area contributed by atoms with Gasteiger partial charge in [0.1, 0.15) is 0 Å². The fraction of sp³-hybridized carbons (Fsp3) is 0.333. The van der Waals surface area contributed by atoms with E-state index in [-0.39, 0.29) is 34.1 Å². The van der Waals surface area contributed by atoms with Crippen LogP contribution in [-0.2, 0) is 4.79 Å². The van der Waals surface area contributed by atoms with E-state index in [1.165, 1.54) is 0 Å². The second-order valence-corrected chi connectivity index (χ2v) is 5.14. The molecule has 0 heterocycles. The van der Waals surface area contributed by atoms with E-state index in [1.54, 1.807) is 6.92 Å². The first-order chi connectivity index (χ1) is 9.72. The number of hydrogen-bond acceptors (Lipinski definition) is 4. The molecular weight excluding hydrogens is 323 g/mol. The zero-order chi connectivity index (χ0) is 16.2. The highest BCUT2D eigenvalue weighted by Crippen LogP contribution is 2.30. The topological polar surface area (TPSA) is 110 Å². The molecule has 0 bridgehead atoms. The number of carbonyl (C=O) groups is 2. The minimum atomic E-state index is -0.979. The Morgan fingerprint density at radius 2 is 2.05 bits per heavy atom. The van der Waals surface area contributed by atoms with Gasteiger partial charge in [-0.05, 0) is 13.3 Å². The lowest BCUT2D eigenvalue weighted by Crippen LogP contribution is -2.33. The zero-order valence-electron chi connectivity index (χ0n) is 10.9. The van der Waals surface area contributed by atoms with Crippen LogP contribution in [0.1, 0.15) is 30.1 Å². The number of carbonyl (C=O) groups excluding carboxylic acids is 1. The molecule has 0 radical (unpaired) electrons. The maximum Gasteiger partial charge on any atom is 0.303 e. The van der Waals surface area contributed by atoms with Gasteiger partial charge in [-0.3, -0.25) is 19.7 Å². The van der Waals surface area contributed by atoms with Gasteiger partial charge in [0, 0.05) is 24.6 Å². The summed E-state index contributed by atoms with van der Waals surface area (Å²) in [7, 11) is 0. The van der Waals surface area contributed by atoms with E-state index >= 15 is 0 Å². The Hall–Kier alpha value is -1.86. The number of nitrogens with one attached hydrogen (secondary N) is 1. The Bertz CT molecular complexity index is 591. The number of amides is 1. The monoisotopic (exact) mass is 334 g/mol. The summed E-state index contributed by atoms with van der Waals surface area (Å²) in [5, 5.41) is 21.6. The lowest BCUT2D eigenvalue weighted by molar-refractivity contribution is -0.384. The first-order valence-electron chi connectivity index (χ1n) is 5.88. The molecule has 0 fully saturated rings. The number of aliphatic carboxylic acids is 1. The molecule has 0 aliphatic heterocycles. The van der Waals surface area contributed by atoms with Gasteiger partial charge < -0.3 is 10.4 Å². The van der Waals surface area contributed by atoms with Crippen LogP contribution in [0.5, 0.6) is 0 Å². The van der Waals surface area contributed by atoms with E-state index in [4.69, 9.17) is 28.3 Å². The van der Waals surface area contributed by atoms with Crippen LogP contribution in [0, 0.1) is 10.1 Å². The summed E-state index contributed by atoms with van der Waals surface area (Å²) in [5.74, 6) is -1.63. The van der Waals surface area contributed by atoms with Crippen LogP contribution in [-0.4, -0.2) is 27.9 Å². The van der Waals surface area contributed by atoms with Crippen molar-refractivity contribution in [3.63, 3.8) is 0 Å². The number of nitro benzene ring substituents is 1. The maximum atomic E-state index is 12.0. The minimum Gasteiger partial charge on any atom is -0.481 e. The van der Waals surface area contributed by atoms with Crippen LogP contribution < -0.4 is 5.32 Å². The third-order valence-electron chi connectivity index (χ3n) is 2.64. The van der Waals surface area contributed by atoms with Gasteiger partial charge in [0.15, 0.2) is 0 Å². The summed E-state index contributed by atoms with van der Waals surface area (Å²) in [4.78, 5) is 32.5. The Balaban J connectivity index is 2.91. The van der Waals surface area contributed by atoms with E-state index < -0.39 is 22.8 Å². The molecular formula is C12H12Cl2N2O5. The molecule has 0 aliphatic rings. The van der Waals surface area contributed by atoms with Crippen LogP contribution >= 0.6 is 23.2 Å². The van der Waals surface area contributed by atoms with Crippen LogP contribution in [0.25, 0.3) is 0 Å². The molecule has 1 rings (SSSR count). The molecule has 0 saturated heterocycles. The molecule has 0 spiro atoms. The number of non-ortho nitro benzene ring substituents is 1. The van der Waals surface area contributed by atoms with Gasteiger partial charge in [-0.15, -0.1) is 0 Å². The van der Waals surface area contributed by atoms with Crippen LogP contribution in [0.15, 0.2) is 12.1 Å². The predicted octanol–water partition coefficient (Wildman–Crippen LogP) is 2.88. The van der Waals surface area contributed by atoms with Gasteiger partial charge in [0.2, 0.25) is 0 Å². The maximum absolute atomic E-state index is 12.0. The molecule has 1 amide bonds. The van der Waals surface area contributed by atoms with Crippen molar-refractivity contribution in [2.24, 2.45) is 0 Å². The van der Waals surface area contributed by atoms with Gasteiger partial charge in [-0.2, -0.15) is 0 Å². The SMILES string of the molecule is CC(CCC(=O)O)NC(=O)c1cc([N+](=O)[O-])cc(Cl)c1Cl. The highest BCUT2D eigenvalue weighted by molar-refractivity contribution is 6.44. The summed E-state index contributed by atoms with van der Waals surface area (Å²) in [6, 6.07) is 1.64. The van der Waals surface area contributed by atoms with Gasteiger partial charge in [0.25, 0.3) is 11.6 Å². The molecule has 21 heavy (non-hydrogen) atoms. The molecule has 1 aromatic rings. The number of halogens is 2. The quantitative estimate of drug-likeness (QED) is 0.613. The van der Waals surface area contributed by atoms with E-state index in [0.717, 1.165) is 12.1 Å². The number of hydrogen-bond donors (Lipinski definition) is 2. The fourth-order valence-corrected chi connectivity index (χ4v) is 1.97. The van der Waals surface area contributed by atoms with Crippen molar-refractivity contribution in [1.29, 1.82) is 0 Å². The van der Waals surface area contributed by atoms with Crippen molar-refractivity contribution in [1.82, 2.24) is 5.32 Å². The second kappa shape index (κ2) is 7.24. The van der Waals surface area contributed by atoms with Crippen molar-refractivity contribution in [3.05, 3.63) is 37.9 Å². The number of carboxylic acid groups (broad SMARTS) is 1. The average Bonchev–Trinajstić information content (AvgIpc) is 2.38. The summed E-state index contributed by atoms with van der Waals surface area (Å²) < 4.78 is 0. The highest BCUT2D eigenvalue weighted by atomic mass is 35.5. The van der Waals surface area contributed by atoms with Crippen molar-refractivity contribution in [2.45, 2.75) is 25.8 Å². The molecule has 0 aromatic heterocycles. The van der Waals surface area contributed by atoms with Crippen LogP contribution in [0.2, 0.25) is 10.0 Å². The van der Waals surface area contributed by atoms with Gasteiger partial charge >= 0.3 is 5.97 Å². The van der Waals surface area contributed by atoms with E-state index in [1.807, 2.05) is 0 Å². The molecule has 2 N–H and O–H groups in total. The summed E-state index contributed by atoms with van der Waals surface area (Å²) in [6.45, 7) is 1.62. The highest BCUT2D eigenvalue weighted by Gasteiger charge is 2.20. The number of benzene rings is 1. The Morgan fingerprint density at radius 1 is 1.43 bits per heavy atom. The molecule has 9 heteroatoms. The standard InChI is InChI=1S/C12H12Cl2N2O5/c1-6(2-3-10(17)18)15-12(19)8-4-7(16(20)21)5-9(13)11(8)14/h4-6H,2-3H2,1H3,(H,15,19)(H,17,18). The summed E-state index contributed by atoms with van der Waals surface area (Å²) in [6.07, 6.45) is 0.117. The third-order valence-corrected chi connectivity index (χ3v) is 3.44. The average molecular weight is 335 g/mol. The molecule has 0 saturated carbocycles. The minimum absolute atomic E-state index is 0.0924. The number of rotatable bonds is 6. The fourth-order valence-electron chi connectivity index (χ4n) is 1.56. The predicted molar refractivity (Wildman–Crippen MR) is 76.9 cm³/mol. The first kappa shape index (κ1) is 17.2. The number of nitrogens with zero attached hydrogens (tertiary/aromatic N) is 1. The van der Waals surface area contributed by atoms with E-state index in [0.29, 0.717) is 0 Å². The van der Waals surface area contributed by atoms with Crippen LogP contribution in [0.3, 0.4) is 0 Å². The Labute approximate surface area is 130 Å². The number of carboxylic acids is 1. The summed E-state index contributed by atoms with van der Waals surface area (Å²) >= 11 is 11.6. The smallest absolute Gasteiger partial charge is 0.303 e. The molecule has 114 valence electrons. The Morgan fingerprint density at radius 3 is 2.57 bits per heavy atom. The van der Waals surface area contributed by atoms with Crippen molar-refractivity contribution < 1.29 is 19.6 Å². The van der Waals surface area contributed by atoms with Crippen molar-refractivity contribution >= 4 is 40.8 Å². The first-order valence-corrected chi connectivity index (χ1v) is 6.64. The van der Waals surface area contributed by atoms with Gasteiger partial charge in [0.05, 0.1) is 20.5 Å². The van der Waals surface area contributed by atoms with Crippen molar-refractivity contribution in [2.75, 3.05) is 0 Å². The molecule has 0 aliphatic carbocycles. The van der Waals surface area contributed by atoms with Crippen LogP contribution in [0.4, 0.5) is 5.69 Å². The Kier molecular flexibility index (Phi) is 5.92. The van der Waals surface area contributed by atoms with E-state index in [2.05, 4.69) is 5.32 Å². The zero-order valence-corrected chi connectivity index (χ0v) is 12.4. The largest absolute Gasteiger partial charge is 0.481 e. The van der Waals surface area contributed by atoms with Gasteiger partial charge in [-0.25, -0.2) is 0 Å². The molecule has 1 unspecified atom stereocenters. The summed E-state index contributed by atoms with van der Waals surface area (Å²) in [5.41, 5.74) is -0.481.